The molecule has 2 aliphatic rings. The summed E-state index contributed by atoms with van der Waals surface area (Å²) in [4.78, 5) is 29.8. The lowest BCUT2D eigenvalue weighted by Gasteiger charge is -2.14. The Kier molecular flexibility index (Phi) is 9.61. The summed E-state index contributed by atoms with van der Waals surface area (Å²) < 4.78 is 78.8. The van der Waals surface area contributed by atoms with Crippen molar-refractivity contribution in [3.05, 3.63) is 72.6 Å². The fourth-order valence-corrected chi connectivity index (χ4v) is 4.63. The van der Waals surface area contributed by atoms with Crippen LogP contribution in [0.15, 0.2) is 61.4 Å². The zero-order valence-corrected chi connectivity index (χ0v) is 26.7. The summed E-state index contributed by atoms with van der Waals surface area (Å²) in [5, 5.41) is 13.1. The number of aromatic nitrogens is 8. The van der Waals surface area contributed by atoms with Crippen molar-refractivity contribution >= 4 is 57.0 Å². The topological polar surface area (TPSA) is 157 Å². The smallest absolute Gasteiger partial charge is 0.367 e. The molecule has 6 aromatic heterocycles. The molecule has 0 atom stereocenters. The normalized spacial score (nSPS) is 14.3. The summed E-state index contributed by atoms with van der Waals surface area (Å²) in [6.45, 7) is 4.00. The Labute approximate surface area is 281 Å². The Morgan fingerprint density at radius 1 is 0.600 bits per heavy atom. The molecular formula is C32H32F6N12. The van der Waals surface area contributed by atoms with Gasteiger partial charge in [0.05, 0.1) is 23.8 Å². The van der Waals surface area contributed by atoms with Gasteiger partial charge in [-0.3, -0.25) is 0 Å². The minimum absolute atomic E-state index is 0.0479. The van der Waals surface area contributed by atoms with Crippen LogP contribution in [0.4, 0.5) is 61.2 Å². The van der Waals surface area contributed by atoms with Gasteiger partial charge in [-0.2, -0.15) is 36.3 Å². The quantitative estimate of drug-likeness (QED) is 0.0853. The van der Waals surface area contributed by atoms with Gasteiger partial charge in [-0.1, -0.05) is 13.8 Å². The first kappa shape index (κ1) is 34.2. The summed E-state index contributed by atoms with van der Waals surface area (Å²) in [7, 11) is 0. The number of anilines is 6. The molecule has 2 saturated carbocycles. The Morgan fingerprint density at radius 3 is 1.62 bits per heavy atom. The van der Waals surface area contributed by atoms with Crippen LogP contribution >= 0.6 is 0 Å². The molecule has 0 radical (unpaired) electrons. The molecule has 0 aromatic carbocycles. The van der Waals surface area contributed by atoms with E-state index in [1.165, 1.54) is 6.20 Å². The highest BCUT2D eigenvalue weighted by Crippen LogP contribution is 2.37. The molecule has 6 N–H and O–H groups in total. The number of nitrogens with one attached hydrogen (secondary N) is 6. The maximum absolute atomic E-state index is 13.2. The molecule has 6 heterocycles. The lowest BCUT2D eigenvalue weighted by Crippen LogP contribution is -2.15. The van der Waals surface area contributed by atoms with E-state index in [1.807, 2.05) is 26.0 Å². The standard InChI is InChI=1S/2C15H13F3N6.C2H6/c16-15(17,18)11-7-21-14(23-9-1-2-9)24-13(11)22-10-5-8-3-4-19-12(8)20-6-10;16-15(17,18)11-7-21-14(24-13(11)22-9-1-2-9)23-10-5-8-3-4-19-12(8)20-6-10;1-2/h2*3-7,9H,1-2H2,(H,19,20)(H2,21,22,23,24);1-2H3. The third kappa shape index (κ3) is 8.48. The van der Waals surface area contributed by atoms with E-state index in [1.54, 1.807) is 30.7 Å². The van der Waals surface area contributed by atoms with E-state index in [-0.39, 0.29) is 35.6 Å². The molecule has 6 aromatic rings. The number of fused-ring (bicyclic) bond motifs is 2. The van der Waals surface area contributed by atoms with E-state index in [0.717, 1.165) is 54.5 Å². The molecule has 8 rings (SSSR count). The Balaban J connectivity index is 0.000000165. The average molecular weight is 699 g/mol. The van der Waals surface area contributed by atoms with Gasteiger partial charge in [-0.25, -0.2) is 19.9 Å². The van der Waals surface area contributed by atoms with E-state index in [0.29, 0.717) is 17.0 Å². The first-order valence-electron chi connectivity index (χ1n) is 15.8. The summed E-state index contributed by atoms with van der Waals surface area (Å²) in [6, 6.07) is 7.45. The molecule has 18 heteroatoms. The van der Waals surface area contributed by atoms with E-state index >= 15 is 0 Å². The van der Waals surface area contributed by atoms with Gasteiger partial charge in [0.25, 0.3) is 0 Å². The fourth-order valence-electron chi connectivity index (χ4n) is 4.63. The van der Waals surface area contributed by atoms with Crippen LogP contribution in [-0.2, 0) is 12.4 Å². The predicted octanol–water partition coefficient (Wildman–Crippen LogP) is 8.41. The fraction of sp³-hybridized carbons (Fsp3) is 0.312. The lowest BCUT2D eigenvalue weighted by atomic mass is 10.2. The number of pyridine rings is 2. The number of hydrogen-bond donors (Lipinski definition) is 6. The maximum Gasteiger partial charge on any atom is 0.421 e. The Morgan fingerprint density at radius 2 is 1.08 bits per heavy atom. The van der Waals surface area contributed by atoms with Gasteiger partial charge in [0.1, 0.15) is 34.1 Å². The van der Waals surface area contributed by atoms with Crippen molar-refractivity contribution < 1.29 is 26.3 Å². The van der Waals surface area contributed by atoms with Crippen LogP contribution in [-0.4, -0.2) is 52.0 Å². The number of halogens is 6. The first-order valence-corrected chi connectivity index (χ1v) is 15.8. The highest BCUT2D eigenvalue weighted by molar-refractivity contribution is 5.80. The lowest BCUT2D eigenvalue weighted by molar-refractivity contribution is -0.138. The van der Waals surface area contributed by atoms with Crippen molar-refractivity contribution in [3.63, 3.8) is 0 Å². The molecule has 0 amide bonds. The van der Waals surface area contributed by atoms with Gasteiger partial charge in [0.2, 0.25) is 11.9 Å². The molecule has 0 spiro atoms. The molecule has 0 aliphatic heterocycles. The molecule has 0 unspecified atom stereocenters. The van der Waals surface area contributed by atoms with Crippen LogP contribution in [0.3, 0.4) is 0 Å². The number of hydrogen-bond acceptors (Lipinski definition) is 10. The summed E-state index contributed by atoms with van der Waals surface area (Å²) >= 11 is 0. The highest BCUT2D eigenvalue weighted by atomic mass is 19.4. The van der Waals surface area contributed by atoms with E-state index < -0.39 is 23.5 Å². The molecule has 2 fully saturated rings. The van der Waals surface area contributed by atoms with Crippen molar-refractivity contribution in [2.24, 2.45) is 0 Å². The van der Waals surface area contributed by atoms with Crippen molar-refractivity contribution in [3.8, 4) is 0 Å². The van der Waals surface area contributed by atoms with Crippen LogP contribution in [0.25, 0.3) is 22.1 Å². The van der Waals surface area contributed by atoms with Crippen LogP contribution < -0.4 is 21.3 Å². The van der Waals surface area contributed by atoms with Gasteiger partial charge >= 0.3 is 12.4 Å². The molecule has 2 aliphatic carbocycles. The molecule has 0 saturated heterocycles. The van der Waals surface area contributed by atoms with Crippen LogP contribution in [0.2, 0.25) is 0 Å². The third-order valence-electron chi connectivity index (χ3n) is 7.34. The SMILES string of the molecule is CC.FC(F)(F)c1cnc(NC2CC2)nc1Nc1cnc2[nH]ccc2c1.FC(F)(F)c1cnc(Nc2cnc3[nH]ccc3c2)nc1NC1CC1. The van der Waals surface area contributed by atoms with Crippen molar-refractivity contribution in [2.45, 2.75) is 64.0 Å². The van der Waals surface area contributed by atoms with Crippen molar-refractivity contribution in [2.75, 3.05) is 21.3 Å². The zero-order chi connectivity index (χ0) is 35.5. The second-order valence-corrected chi connectivity index (χ2v) is 11.3. The zero-order valence-electron chi connectivity index (χ0n) is 26.7. The number of rotatable bonds is 8. The van der Waals surface area contributed by atoms with Gasteiger partial charge in [0.15, 0.2) is 0 Å². The first-order chi connectivity index (χ1) is 24.0. The molecule has 0 bridgehead atoms. The summed E-state index contributed by atoms with van der Waals surface area (Å²) in [6.07, 6.45) is 2.67. The molecule has 50 heavy (non-hydrogen) atoms. The molecule has 12 nitrogen and oxygen atoms in total. The van der Waals surface area contributed by atoms with Crippen LogP contribution in [0, 0.1) is 0 Å². The maximum atomic E-state index is 13.2. The van der Waals surface area contributed by atoms with Gasteiger partial charge < -0.3 is 31.2 Å². The Bertz CT molecular complexity index is 2060. The van der Waals surface area contributed by atoms with Gasteiger partial charge in [-0.05, 0) is 49.9 Å². The van der Waals surface area contributed by atoms with Crippen LogP contribution in [0.5, 0.6) is 0 Å². The largest absolute Gasteiger partial charge is 0.421 e. The number of aromatic amines is 2. The predicted molar refractivity (Wildman–Crippen MR) is 177 cm³/mol. The highest BCUT2D eigenvalue weighted by Gasteiger charge is 2.37. The molecule has 262 valence electrons. The van der Waals surface area contributed by atoms with Crippen molar-refractivity contribution in [1.82, 2.24) is 39.9 Å². The number of nitrogens with zero attached hydrogens (tertiary/aromatic N) is 6. The van der Waals surface area contributed by atoms with E-state index in [9.17, 15) is 26.3 Å². The minimum Gasteiger partial charge on any atom is -0.367 e. The summed E-state index contributed by atoms with van der Waals surface area (Å²) in [5.41, 5.74) is 0.625. The van der Waals surface area contributed by atoms with Crippen molar-refractivity contribution in [1.29, 1.82) is 0 Å². The second kappa shape index (κ2) is 14.0. The van der Waals surface area contributed by atoms with Crippen LogP contribution in [0.1, 0.15) is 50.7 Å². The van der Waals surface area contributed by atoms with Gasteiger partial charge in [0, 0.05) is 47.6 Å². The third-order valence-corrected chi connectivity index (χ3v) is 7.34. The molecular weight excluding hydrogens is 666 g/mol. The van der Waals surface area contributed by atoms with E-state index in [4.69, 9.17) is 0 Å². The van der Waals surface area contributed by atoms with E-state index in [2.05, 4.69) is 61.1 Å². The monoisotopic (exact) mass is 698 g/mol. The number of alkyl halides is 6. The average Bonchev–Trinajstić information content (AvgIpc) is 3.97. The number of H-pyrrole nitrogens is 2. The summed E-state index contributed by atoms with van der Waals surface area (Å²) in [5.74, 6) is -0.220. The second-order valence-electron chi connectivity index (χ2n) is 11.3. The Hall–Kier alpha value is -5.68. The van der Waals surface area contributed by atoms with Gasteiger partial charge in [-0.15, -0.1) is 0 Å². The minimum atomic E-state index is -4.55.